The van der Waals surface area contributed by atoms with Crippen LogP contribution in [-0.2, 0) is 14.2 Å². The van der Waals surface area contributed by atoms with Crippen molar-refractivity contribution in [3.8, 4) is 6.07 Å². The zero-order valence-corrected chi connectivity index (χ0v) is 10.5. The standard InChI is InChI=1S/C12H22N2O3/c1-15-5-2-6-16-7-8-17-10-12(9-13)14-11-3-4-11/h11-12,14H,2-8,10H2,1H3. The molecule has 0 saturated heterocycles. The number of hydrogen-bond donors (Lipinski definition) is 1. The molecule has 1 aliphatic carbocycles. The molecule has 1 atom stereocenters. The Morgan fingerprint density at radius 1 is 1.24 bits per heavy atom. The number of rotatable bonds is 11. The zero-order chi connectivity index (χ0) is 12.3. The average Bonchev–Trinajstić information content (AvgIpc) is 3.15. The van der Waals surface area contributed by atoms with E-state index in [2.05, 4.69) is 11.4 Å². The third-order valence-corrected chi connectivity index (χ3v) is 2.46. The highest BCUT2D eigenvalue weighted by Crippen LogP contribution is 2.19. The third-order valence-electron chi connectivity index (χ3n) is 2.46. The van der Waals surface area contributed by atoms with Gasteiger partial charge in [-0.2, -0.15) is 5.26 Å². The summed E-state index contributed by atoms with van der Waals surface area (Å²) < 4.78 is 15.6. The van der Waals surface area contributed by atoms with Gasteiger partial charge in [0.15, 0.2) is 0 Å². The van der Waals surface area contributed by atoms with E-state index in [9.17, 15) is 0 Å². The van der Waals surface area contributed by atoms with Crippen LogP contribution in [0.1, 0.15) is 19.3 Å². The van der Waals surface area contributed by atoms with Crippen molar-refractivity contribution < 1.29 is 14.2 Å². The fourth-order valence-electron chi connectivity index (χ4n) is 1.38. The highest BCUT2D eigenvalue weighted by molar-refractivity contribution is 4.95. The molecule has 0 aliphatic heterocycles. The second-order valence-corrected chi connectivity index (χ2v) is 4.16. The Morgan fingerprint density at radius 3 is 2.65 bits per heavy atom. The molecule has 1 fully saturated rings. The quantitative estimate of drug-likeness (QED) is 0.540. The second kappa shape index (κ2) is 9.37. The van der Waals surface area contributed by atoms with E-state index in [1.165, 1.54) is 12.8 Å². The zero-order valence-electron chi connectivity index (χ0n) is 10.5. The first-order valence-corrected chi connectivity index (χ1v) is 6.17. The molecule has 17 heavy (non-hydrogen) atoms. The summed E-state index contributed by atoms with van der Waals surface area (Å²) in [6.45, 7) is 2.97. The van der Waals surface area contributed by atoms with Gasteiger partial charge in [0.1, 0.15) is 6.04 Å². The van der Waals surface area contributed by atoms with Gasteiger partial charge < -0.3 is 14.2 Å². The molecule has 5 heteroatoms. The van der Waals surface area contributed by atoms with E-state index in [0.717, 1.165) is 13.0 Å². The summed E-state index contributed by atoms with van der Waals surface area (Å²) in [5.74, 6) is 0. The molecule has 5 nitrogen and oxygen atoms in total. The molecule has 0 aromatic heterocycles. The van der Waals surface area contributed by atoms with Crippen molar-refractivity contribution in [3.63, 3.8) is 0 Å². The summed E-state index contributed by atoms with van der Waals surface area (Å²) in [5.41, 5.74) is 0. The van der Waals surface area contributed by atoms with E-state index < -0.39 is 0 Å². The van der Waals surface area contributed by atoms with Crippen LogP contribution >= 0.6 is 0 Å². The summed E-state index contributed by atoms with van der Waals surface area (Å²) in [6.07, 6.45) is 3.27. The van der Waals surface area contributed by atoms with E-state index in [1.807, 2.05) is 0 Å². The van der Waals surface area contributed by atoms with E-state index in [1.54, 1.807) is 7.11 Å². The first kappa shape index (κ1) is 14.4. The topological polar surface area (TPSA) is 63.5 Å². The summed E-state index contributed by atoms with van der Waals surface area (Å²) in [6, 6.07) is 2.55. The maximum absolute atomic E-state index is 8.86. The van der Waals surface area contributed by atoms with Gasteiger partial charge in [0, 0.05) is 26.4 Å². The lowest BCUT2D eigenvalue weighted by molar-refractivity contribution is 0.0365. The van der Waals surface area contributed by atoms with Crippen molar-refractivity contribution in [3.05, 3.63) is 0 Å². The van der Waals surface area contributed by atoms with Crippen molar-refractivity contribution in [1.29, 1.82) is 5.26 Å². The van der Waals surface area contributed by atoms with Gasteiger partial charge in [-0.15, -0.1) is 0 Å². The molecule has 0 radical (unpaired) electrons. The molecule has 1 saturated carbocycles. The van der Waals surface area contributed by atoms with Crippen molar-refractivity contribution in [2.75, 3.05) is 40.1 Å². The molecule has 0 amide bonds. The van der Waals surface area contributed by atoms with Crippen molar-refractivity contribution in [2.45, 2.75) is 31.3 Å². The highest BCUT2D eigenvalue weighted by atomic mass is 16.5. The summed E-state index contributed by atoms with van der Waals surface area (Å²) in [5, 5.41) is 12.1. The Balaban J connectivity index is 1.83. The van der Waals surface area contributed by atoms with Crippen LogP contribution in [0, 0.1) is 11.3 Å². The number of nitrogens with one attached hydrogen (secondary N) is 1. The van der Waals surface area contributed by atoms with Gasteiger partial charge >= 0.3 is 0 Å². The van der Waals surface area contributed by atoms with Gasteiger partial charge in [-0.1, -0.05) is 0 Å². The van der Waals surface area contributed by atoms with E-state index in [0.29, 0.717) is 32.5 Å². The largest absolute Gasteiger partial charge is 0.385 e. The van der Waals surface area contributed by atoms with Crippen LogP contribution in [0.4, 0.5) is 0 Å². The van der Waals surface area contributed by atoms with Gasteiger partial charge in [-0.05, 0) is 19.3 Å². The van der Waals surface area contributed by atoms with Crippen LogP contribution in [-0.4, -0.2) is 52.2 Å². The van der Waals surface area contributed by atoms with Gasteiger partial charge in [0.05, 0.1) is 25.9 Å². The number of nitriles is 1. The van der Waals surface area contributed by atoms with Crippen LogP contribution in [0.15, 0.2) is 0 Å². The van der Waals surface area contributed by atoms with Crippen LogP contribution in [0.2, 0.25) is 0 Å². The Labute approximate surface area is 103 Å². The number of nitrogens with zero attached hydrogens (tertiary/aromatic N) is 1. The van der Waals surface area contributed by atoms with Gasteiger partial charge in [0.2, 0.25) is 0 Å². The predicted octanol–water partition coefficient (Wildman–Crippen LogP) is 0.700. The van der Waals surface area contributed by atoms with Gasteiger partial charge in [-0.3, -0.25) is 5.32 Å². The molecule has 0 bridgehead atoms. The van der Waals surface area contributed by atoms with Crippen molar-refractivity contribution in [1.82, 2.24) is 5.32 Å². The molecule has 0 aromatic carbocycles. The minimum absolute atomic E-state index is 0.184. The van der Waals surface area contributed by atoms with Crippen LogP contribution in [0.25, 0.3) is 0 Å². The van der Waals surface area contributed by atoms with E-state index in [4.69, 9.17) is 19.5 Å². The lowest BCUT2D eigenvalue weighted by atomic mass is 10.3. The molecule has 1 aliphatic rings. The van der Waals surface area contributed by atoms with E-state index in [-0.39, 0.29) is 6.04 Å². The maximum Gasteiger partial charge on any atom is 0.119 e. The number of hydrogen-bond acceptors (Lipinski definition) is 5. The Morgan fingerprint density at radius 2 is 2.00 bits per heavy atom. The van der Waals surface area contributed by atoms with Crippen LogP contribution < -0.4 is 5.32 Å². The number of methoxy groups -OCH3 is 1. The summed E-state index contributed by atoms with van der Waals surface area (Å²) in [7, 11) is 1.68. The first-order chi connectivity index (χ1) is 8.36. The van der Waals surface area contributed by atoms with Gasteiger partial charge in [-0.25, -0.2) is 0 Å². The summed E-state index contributed by atoms with van der Waals surface area (Å²) >= 11 is 0. The maximum atomic E-state index is 8.86. The predicted molar refractivity (Wildman–Crippen MR) is 63.7 cm³/mol. The monoisotopic (exact) mass is 242 g/mol. The average molecular weight is 242 g/mol. The van der Waals surface area contributed by atoms with Crippen molar-refractivity contribution in [2.24, 2.45) is 0 Å². The smallest absolute Gasteiger partial charge is 0.119 e. The summed E-state index contributed by atoms with van der Waals surface area (Å²) in [4.78, 5) is 0. The van der Waals surface area contributed by atoms with Crippen molar-refractivity contribution >= 4 is 0 Å². The lowest BCUT2D eigenvalue weighted by Gasteiger charge is -2.11. The Kier molecular flexibility index (Phi) is 7.93. The molecule has 1 unspecified atom stereocenters. The third kappa shape index (κ3) is 8.11. The molecule has 0 heterocycles. The molecular weight excluding hydrogens is 220 g/mol. The number of ether oxygens (including phenoxy) is 3. The minimum Gasteiger partial charge on any atom is -0.385 e. The van der Waals surface area contributed by atoms with Crippen LogP contribution in [0.3, 0.4) is 0 Å². The second-order valence-electron chi connectivity index (χ2n) is 4.16. The molecule has 0 spiro atoms. The highest BCUT2D eigenvalue weighted by Gasteiger charge is 2.24. The van der Waals surface area contributed by atoms with Gasteiger partial charge in [0.25, 0.3) is 0 Å². The lowest BCUT2D eigenvalue weighted by Crippen LogP contribution is -2.34. The minimum atomic E-state index is -0.184. The fraction of sp³-hybridized carbons (Fsp3) is 0.917. The van der Waals surface area contributed by atoms with Crippen LogP contribution in [0.5, 0.6) is 0 Å². The first-order valence-electron chi connectivity index (χ1n) is 6.17. The SMILES string of the molecule is COCCCOCCOCC(C#N)NC1CC1. The normalized spacial score (nSPS) is 16.7. The Hall–Kier alpha value is -0.670. The molecule has 1 rings (SSSR count). The molecule has 98 valence electrons. The molecular formula is C12H22N2O3. The molecule has 1 N–H and O–H groups in total. The fourth-order valence-corrected chi connectivity index (χ4v) is 1.38. The molecule has 0 aromatic rings. The Bertz CT molecular complexity index is 226. The van der Waals surface area contributed by atoms with E-state index >= 15 is 0 Å².